The Morgan fingerprint density at radius 1 is 1.33 bits per heavy atom. The molecule has 0 atom stereocenters. The molecule has 0 saturated carbocycles. The second kappa shape index (κ2) is 6.11. The molecule has 4 heteroatoms. The number of thioether (sulfide) groups is 1. The summed E-state index contributed by atoms with van der Waals surface area (Å²) in [4.78, 5) is 0. The summed E-state index contributed by atoms with van der Waals surface area (Å²) in [6.45, 7) is 14.1. The monoisotopic (exact) mass is 269 g/mol. The summed E-state index contributed by atoms with van der Waals surface area (Å²) in [5.74, 6) is 1.84. The van der Waals surface area contributed by atoms with Crippen LogP contribution < -0.4 is 5.32 Å². The summed E-state index contributed by atoms with van der Waals surface area (Å²) in [6, 6.07) is 0. The van der Waals surface area contributed by atoms with Crippen molar-refractivity contribution in [2.24, 2.45) is 13.0 Å². The number of aryl methyl sites for hydroxylation is 2. The summed E-state index contributed by atoms with van der Waals surface area (Å²) in [5, 5.41) is 9.40. The third-order valence-corrected chi connectivity index (χ3v) is 4.26. The molecule has 0 amide bonds. The number of hydrogen-bond donors (Lipinski definition) is 1. The Morgan fingerprint density at radius 2 is 1.94 bits per heavy atom. The first-order valence-corrected chi connectivity index (χ1v) is 7.59. The molecule has 0 spiro atoms. The third kappa shape index (κ3) is 4.65. The van der Waals surface area contributed by atoms with Crippen molar-refractivity contribution in [3.05, 3.63) is 11.3 Å². The molecule has 104 valence electrons. The van der Waals surface area contributed by atoms with Gasteiger partial charge in [-0.15, -0.1) is 11.8 Å². The Kier molecular flexibility index (Phi) is 5.29. The van der Waals surface area contributed by atoms with Crippen molar-refractivity contribution in [3.8, 4) is 0 Å². The highest BCUT2D eigenvalue weighted by Gasteiger charge is 2.16. The van der Waals surface area contributed by atoms with Crippen molar-refractivity contribution >= 4 is 11.8 Å². The van der Waals surface area contributed by atoms with Gasteiger partial charge in [0.25, 0.3) is 0 Å². The highest BCUT2D eigenvalue weighted by molar-refractivity contribution is 7.99. The first kappa shape index (κ1) is 15.6. The van der Waals surface area contributed by atoms with Gasteiger partial charge in [-0.2, -0.15) is 5.10 Å². The van der Waals surface area contributed by atoms with Gasteiger partial charge in [-0.3, -0.25) is 4.68 Å². The van der Waals surface area contributed by atoms with E-state index in [0.29, 0.717) is 5.92 Å². The summed E-state index contributed by atoms with van der Waals surface area (Å²) >= 11 is 1.91. The van der Waals surface area contributed by atoms with Crippen molar-refractivity contribution < 1.29 is 0 Å². The Balaban J connectivity index is 2.82. The van der Waals surface area contributed by atoms with Gasteiger partial charge in [0.1, 0.15) is 0 Å². The molecule has 1 heterocycles. The highest BCUT2D eigenvalue weighted by Crippen LogP contribution is 2.26. The van der Waals surface area contributed by atoms with E-state index in [1.807, 2.05) is 23.5 Å². The molecule has 0 radical (unpaired) electrons. The van der Waals surface area contributed by atoms with Crippen molar-refractivity contribution in [2.75, 3.05) is 5.75 Å². The van der Waals surface area contributed by atoms with Gasteiger partial charge in [0.05, 0.1) is 10.7 Å². The lowest BCUT2D eigenvalue weighted by Gasteiger charge is -2.21. The van der Waals surface area contributed by atoms with E-state index in [9.17, 15) is 0 Å². The highest BCUT2D eigenvalue weighted by atomic mass is 32.2. The Labute approximate surface area is 116 Å². The predicted molar refractivity (Wildman–Crippen MR) is 80.1 cm³/mol. The Bertz CT molecular complexity index is 388. The normalized spacial score (nSPS) is 12.4. The number of nitrogens with one attached hydrogen (secondary N) is 1. The molecule has 0 aromatic carbocycles. The van der Waals surface area contributed by atoms with Gasteiger partial charge < -0.3 is 5.32 Å². The van der Waals surface area contributed by atoms with Gasteiger partial charge in [0, 0.05) is 30.4 Å². The van der Waals surface area contributed by atoms with Gasteiger partial charge in [0.15, 0.2) is 0 Å². The molecule has 0 unspecified atom stereocenters. The van der Waals surface area contributed by atoms with E-state index in [1.54, 1.807) is 0 Å². The van der Waals surface area contributed by atoms with E-state index in [1.165, 1.54) is 10.6 Å². The maximum absolute atomic E-state index is 4.55. The van der Waals surface area contributed by atoms with Gasteiger partial charge >= 0.3 is 0 Å². The molecule has 0 saturated heterocycles. The number of nitrogens with zero attached hydrogens (tertiary/aromatic N) is 2. The number of aromatic nitrogens is 2. The summed E-state index contributed by atoms with van der Waals surface area (Å²) in [6.07, 6.45) is 0. The molecule has 1 N–H and O–H groups in total. The van der Waals surface area contributed by atoms with E-state index in [4.69, 9.17) is 0 Å². The molecular formula is C14H27N3S. The molecule has 1 aromatic rings. The van der Waals surface area contributed by atoms with Crippen LogP contribution in [0, 0.1) is 12.8 Å². The van der Waals surface area contributed by atoms with Crippen LogP contribution in [-0.4, -0.2) is 21.1 Å². The van der Waals surface area contributed by atoms with E-state index >= 15 is 0 Å². The van der Waals surface area contributed by atoms with Crippen molar-refractivity contribution in [1.29, 1.82) is 0 Å². The van der Waals surface area contributed by atoms with Crippen LogP contribution in [-0.2, 0) is 13.6 Å². The van der Waals surface area contributed by atoms with E-state index in [2.05, 4.69) is 52.0 Å². The van der Waals surface area contributed by atoms with Crippen molar-refractivity contribution in [2.45, 2.75) is 58.7 Å². The van der Waals surface area contributed by atoms with E-state index in [0.717, 1.165) is 18.0 Å². The first-order valence-electron chi connectivity index (χ1n) is 6.61. The van der Waals surface area contributed by atoms with Crippen LogP contribution >= 0.6 is 11.8 Å². The molecular weight excluding hydrogens is 242 g/mol. The molecule has 0 fully saturated rings. The largest absolute Gasteiger partial charge is 0.308 e. The van der Waals surface area contributed by atoms with E-state index < -0.39 is 0 Å². The zero-order chi connectivity index (χ0) is 13.9. The average Bonchev–Trinajstić information content (AvgIpc) is 2.46. The lowest BCUT2D eigenvalue weighted by atomic mass is 10.1. The summed E-state index contributed by atoms with van der Waals surface area (Å²) in [5.41, 5.74) is 2.63. The molecule has 3 nitrogen and oxygen atoms in total. The van der Waals surface area contributed by atoms with Crippen LogP contribution in [0.1, 0.15) is 45.9 Å². The minimum atomic E-state index is 0.141. The fraction of sp³-hybridized carbons (Fsp3) is 0.786. The van der Waals surface area contributed by atoms with E-state index in [-0.39, 0.29) is 5.54 Å². The SMILES string of the molecule is Cc1nn(C)c(SCC(C)C)c1CNC(C)(C)C. The van der Waals surface area contributed by atoms with Gasteiger partial charge in [0.2, 0.25) is 0 Å². The number of hydrogen-bond acceptors (Lipinski definition) is 3. The van der Waals surface area contributed by atoms with Crippen LogP contribution in [0.2, 0.25) is 0 Å². The standard InChI is InChI=1S/C14H27N3S/c1-10(2)9-18-13-12(8-15-14(4,5)6)11(3)16-17(13)7/h10,15H,8-9H2,1-7H3. The minimum absolute atomic E-state index is 0.141. The maximum atomic E-state index is 4.55. The fourth-order valence-corrected chi connectivity index (χ4v) is 2.78. The Morgan fingerprint density at radius 3 is 2.44 bits per heavy atom. The molecule has 0 aliphatic rings. The first-order chi connectivity index (χ1) is 8.20. The van der Waals surface area contributed by atoms with Gasteiger partial charge in [-0.25, -0.2) is 0 Å². The smallest absolute Gasteiger partial charge is 0.0984 e. The van der Waals surface area contributed by atoms with Crippen LogP contribution in [0.15, 0.2) is 5.03 Å². The summed E-state index contributed by atoms with van der Waals surface area (Å²) in [7, 11) is 2.04. The van der Waals surface area contributed by atoms with Crippen LogP contribution in [0.5, 0.6) is 0 Å². The lowest BCUT2D eigenvalue weighted by Crippen LogP contribution is -2.35. The lowest BCUT2D eigenvalue weighted by molar-refractivity contribution is 0.421. The fourth-order valence-electron chi connectivity index (χ4n) is 1.66. The minimum Gasteiger partial charge on any atom is -0.308 e. The van der Waals surface area contributed by atoms with Crippen molar-refractivity contribution in [1.82, 2.24) is 15.1 Å². The van der Waals surface area contributed by atoms with Gasteiger partial charge in [-0.1, -0.05) is 13.8 Å². The van der Waals surface area contributed by atoms with Gasteiger partial charge in [-0.05, 0) is 33.6 Å². The quantitative estimate of drug-likeness (QED) is 0.831. The van der Waals surface area contributed by atoms with Crippen molar-refractivity contribution in [3.63, 3.8) is 0 Å². The van der Waals surface area contributed by atoms with Crippen LogP contribution in [0.25, 0.3) is 0 Å². The molecule has 1 rings (SSSR count). The third-order valence-electron chi connectivity index (χ3n) is 2.64. The topological polar surface area (TPSA) is 29.9 Å². The van der Waals surface area contributed by atoms with Crippen LogP contribution in [0.3, 0.4) is 0 Å². The summed E-state index contributed by atoms with van der Waals surface area (Å²) < 4.78 is 2.02. The van der Waals surface area contributed by atoms with Crippen LogP contribution in [0.4, 0.5) is 0 Å². The zero-order valence-corrected chi connectivity index (χ0v) is 13.6. The zero-order valence-electron chi connectivity index (χ0n) is 12.8. The Hall–Kier alpha value is -0.480. The number of rotatable bonds is 5. The second-order valence-electron chi connectivity index (χ2n) is 6.30. The molecule has 0 bridgehead atoms. The molecule has 1 aromatic heterocycles. The second-order valence-corrected chi connectivity index (χ2v) is 7.31. The molecule has 0 aliphatic carbocycles. The molecule has 18 heavy (non-hydrogen) atoms. The maximum Gasteiger partial charge on any atom is 0.0984 e. The average molecular weight is 269 g/mol. The predicted octanol–water partition coefficient (Wildman–Crippen LogP) is 3.36. The molecule has 0 aliphatic heterocycles.